The molecule has 9 heteroatoms. The van der Waals surface area contributed by atoms with Crippen molar-refractivity contribution in [1.82, 2.24) is 0 Å². The van der Waals surface area contributed by atoms with Crippen molar-refractivity contribution in [3.8, 4) is 0 Å². The van der Waals surface area contributed by atoms with Crippen molar-refractivity contribution in [3.05, 3.63) is 35.4 Å². The molecule has 0 aliphatic heterocycles. The Morgan fingerprint density at radius 1 is 0.721 bits per heavy atom. The van der Waals surface area contributed by atoms with Crippen molar-refractivity contribution in [1.29, 1.82) is 0 Å². The van der Waals surface area contributed by atoms with Crippen molar-refractivity contribution >= 4 is 69.2 Å². The fourth-order valence-corrected chi connectivity index (χ4v) is 6.79. The van der Waals surface area contributed by atoms with Crippen LogP contribution < -0.4 is 0 Å². The van der Waals surface area contributed by atoms with Crippen LogP contribution in [-0.4, -0.2) is 49.4 Å². The van der Waals surface area contributed by atoms with Gasteiger partial charge >= 0.3 is 5.97 Å². The molecule has 0 N–H and O–H groups in total. The topological polar surface area (TPSA) is 77.5 Å². The van der Waals surface area contributed by atoms with Crippen molar-refractivity contribution in [2.24, 2.45) is 0 Å². The Labute approximate surface area is 279 Å². The first-order valence-corrected chi connectivity index (χ1v) is 19.5. The molecular formula is C34H54O5S4. The number of carbonyl (C=O) groups excluding carboxylic acids is 4. The van der Waals surface area contributed by atoms with Crippen LogP contribution in [0.4, 0.5) is 0 Å². The lowest BCUT2D eigenvalue weighted by Crippen LogP contribution is -2.14. The summed E-state index contributed by atoms with van der Waals surface area (Å²) in [4.78, 5) is 48.7. The minimum Gasteiger partial charge on any atom is -0.463 e. The Hall–Kier alpha value is -0.900. The van der Waals surface area contributed by atoms with Gasteiger partial charge in [0.25, 0.3) is 0 Å². The standard InChI is InChI=1S/C34H54O5S4/c1-5-27(3)39-30(35)17-11-12-18-31(36)41-24-14-9-10-16-26-43-33(38)29-21-19-28(20-22-29)32(37)42-25-15-8-7-13-23-34(4,40)6-2/h19-22,27,40H,5-18,23-26H2,1-4H3. The highest BCUT2D eigenvalue weighted by Gasteiger charge is 2.15. The van der Waals surface area contributed by atoms with Gasteiger partial charge in [0.2, 0.25) is 10.2 Å². The summed E-state index contributed by atoms with van der Waals surface area (Å²) in [5, 5.41) is 0.304. The monoisotopic (exact) mass is 670 g/mol. The zero-order valence-electron chi connectivity index (χ0n) is 26.8. The molecule has 43 heavy (non-hydrogen) atoms. The molecule has 0 aliphatic carbocycles. The Kier molecular flexibility index (Phi) is 22.7. The fraction of sp³-hybridized carbons (Fsp3) is 0.706. The van der Waals surface area contributed by atoms with Crippen LogP contribution in [0, 0.1) is 0 Å². The lowest BCUT2D eigenvalue weighted by molar-refractivity contribution is -0.148. The van der Waals surface area contributed by atoms with E-state index in [-0.39, 0.29) is 32.2 Å². The smallest absolute Gasteiger partial charge is 0.306 e. The summed E-state index contributed by atoms with van der Waals surface area (Å²) >= 11 is 8.77. The summed E-state index contributed by atoms with van der Waals surface area (Å²) in [6, 6.07) is 7.06. The lowest BCUT2D eigenvalue weighted by Gasteiger charge is -2.20. The molecule has 0 radical (unpaired) electrons. The lowest BCUT2D eigenvalue weighted by atomic mass is 9.99. The number of thioether (sulfide) groups is 3. The van der Waals surface area contributed by atoms with Crippen LogP contribution in [0.1, 0.15) is 145 Å². The van der Waals surface area contributed by atoms with E-state index in [1.54, 1.807) is 24.3 Å². The van der Waals surface area contributed by atoms with E-state index < -0.39 is 0 Å². The maximum atomic E-state index is 12.5. The second-order valence-electron chi connectivity index (χ2n) is 11.4. The van der Waals surface area contributed by atoms with Crippen molar-refractivity contribution in [2.75, 3.05) is 17.3 Å². The molecule has 0 spiro atoms. The summed E-state index contributed by atoms with van der Waals surface area (Å²) in [5.74, 6) is 2.24. The number of thiol groups is 1. The van der Waals surface area contributed by atoms with Gasteiger partial charge in [-0.25, -0.2) is 0 Å². The molecular weight excluding hydrogens is 617 g/mol. The summed E-state index contributed by atoms with van der Waals surface area (Å²) < 4.78 is 5.38. The molecule has 0 heterocycles. The second kappa shape index (κ2) is 24.3. The van der Waals surface area contributed by atoms with Crippen LogP contribution in [0.15, 0.2) is 24.3 Å². The van der Waals surface area contributed by atoms with Gasteiger partial charge in [0, 0.05) is 46.0 Å². The molecule has 1 rings (SSSR count). The molecule has 2 unspecified atom stereocenters. The van der Waals surface area contributed by atoms with Gasteiger partial charge in [-0.1, -0.05) is 88.2 Å². The van der Waals surface area contributed by atoms with Gasteiger partial charge in [-0.3, -0.25) is 19.2 Å². The third-order valence-electron chi connectivity index (χ3n) is 7.42. The summed E-state index contributed by atoms with van der Waals surface area (Å²) in [6.45, 7) is 8.24. The van der Waals surface area contributed by atoms with E-state index in [4.69, 9.17) is 4.74 Å². The number of hydrogen-bond donors (Lipinski definition) is 1. The van der Waals surface area contributed by atoms with E-state index in [0.29, 0.717) is 30.4 Å². The first-order chi connectivity index (χ1) is 20.6. The number of hydrogen-bond acceptors (Lipinski definition) is 9. The Morgan fingerprint density at radius 2 is 1.19 bits per heavy atom. The number of carbonyl (C=O) groups is 4. The molecule has 1 aromatic rings. The van der Waals surface area contributed by atoms with E-state index in [2.05, 4.69) is 26.5 Å². The average Bonchev–Trinajstić information content (AvgIpc) is 2.99. The van der Waals surface area contributed by atoms with Gasteiger partial charge in [0.1, 0.15) is 0 Å². The number of ether oxygens (including phenoxy) is 1. The van der Waals surface area contributed by atoms with E-state index in [0.717, 1.165) is 81.5 Å². The predicted octanol–water partition coefficient (Wildman–Crippen LogP) is 10.2. The van der Waals surface area contributed by atoms with Gasteiger partial charge in [-0.15, -0.1) is 0 Å². The predicted molar refractivity (Wildman–Crippen MR) is 191 cm³/mol. The molecule has 0 bridgehead atoms. The fourth-order valence-electron chi connectivity index (χ4n) is 4.10. The Balaban J connectivity index is 2.07. The molecule has 2 atom stereocenters. The quantitative estimate of drug-likeness (QED) is 0.0662. The van der Waals surface area contributed by atoms with Gasteiger partial charge in [0.15, 0.2) is 5.12 Å². The maximum Gasteiger partial charge on any atom is 0.306 e. The van der Waals surface area contributed by atoms with Crippen molar-refractivity contribution in [3.63, 3.8) is 0 Å². The minimum absolute atomic E-state index is 0.0418. The van der Waals surface area contributed by atoms with Crippen molar-refractivity contribution in [2.45, 2.75) is 135 Å². The third kappa shape index (κ3) is 20.7. The molecule has 0 amide bonds. The largest absolute Gasteiger partial charge is 0.463 e. The van der Waals surface area contributed by atoms with E-state index in [1.165, 1.54) is 48.1 Å². The summed E-state index contributed by atoms with van der Waals surface area (Å²) in [6.07, 6.45) is 13.8. The van der Waals surface area contributed by atoms with E-state index in [9.17, 15) is 19.2 Å². The van der Waals surface area contributed by atoms with Crippen LogP contribution in [0.25, 0.3) is 0 Å². The van der Waals surface area contributed by atoms with Crippen LogP contribution in [0.3, 0.4) is 0 Å². The molecule has 0 fully saturated rings. The van der Waals surface area contributed by atoms with Gasteiger partial charge < -0.3 is 4.74 Å². The van der Waals surface area contributed by atoms with E-state index >= 15 is 0 Å². The first-order valence-electron chi connectivity index (χ1n) is 16.1. The van der Waals surface area contributed by atoms with Gasteiger partial charge in [-0.2, -0.15) is 12.6 Å². The summed E-state index contributed by atoms with van der Waals surface area (Å²) in [7, 11) is 0. The van der Waals surface area contributed by atoms with Gasteiger partial charge in [0.05, 0.1) is 6.10 Å². The molecule has 244 valence electrons. The van der Waals surface area contributed by atoms with Gasteiger partial charge in [-0.05, 0) is 82.6 Å². The SMILES string of the molecule is CCC(C)OC(=O)CCCCC(=O)SCCCCCCSC(=O)c1ccc(C(=O)SCCCCCCC(C)(S)CC)cc1. The number of rotatable bonds is 24. The third-order valence-corrected chi connectivity index (χ3v) is 11.0. The zero-order chi connectivity index (χ0) is 31.9. The highest BCUT2D eigenvalue weighted by molar-refractivity contribution is 8.14. The highest BCUT2D eigenvalue weighted by Crippen LogP contribution is 2.26. The maximum absolute atomic E-state index is 12.5. The summed E-state index contributed by atoms with van der Waals surface area (Å²) in [5.41, 5.74) is 1.29. The van der Waals surface area contributed by atoms with Crippen LogP contribution >= 0.6 is 47.9 Å². The molecule has 0 aliphatic rings. The zero-order valence-corrected chi connectivity index (χ0v) is 30.2. The molecule has 5 nitrogen and oxygen atoms in total. The molecule has 0 saturated carbocycles. The van der Waals surface area contributed by atoms with E-state index in [1.807, 2.05) is 13.8 Å². The molecule has 0 saturated heterocycles. The number of unbranched alkanes of at least 4 members (excludes halogenated alkanes) is 7. The molecule has 1 aromatic carbocycles. The number of benzene rings is 1. The first kappa shape index (κ1) is 40.1. The number of esters is 1. The Bertz CT molecular complexity index is 949. The van der Waals surface area contributed by atoms with Crippen LogP contribution in [0.2, 0.25) is 0 Å². The van der Waals surface area contributed by atoms with Crippen LogP contribution in [0.5, 0.6) is 0 Å². The molecule has 0 aromatic heterocycles. The minimum atomic E-state index is -0.176. The highest BCUT2D eigenvalue weighted by atomic mass is 32.2. The second-order valence-corrected chi connectivity index (χ2v) is 15.8. The van der Waals surface area contributed by atoms with Crippen molar-refractivity contribution < 1.29 is 23.9 Å². The average molecular weight is 671 g/mol. The Morgan fingerprint density at radius 3 is 1.67 bits per heavy atom. The van der Waals surface area contributed by atoms with Crippen LogP contribution in [-0.2, 0) is 14.3 Å². The normalized spacial score (nSPS) is 13.3.